The maximum atomic E-state index is 13.0. The van der Waals surface area contributed by atoms with E-state index < -0.39 is 11.9 Å². The number of aromatic nitrogens is 2. The van der Waals surface area contributed by atoms with Crippen molar-refractivity contribution in [1.29, 1.82) is 0 Å². The maximum Gasteiger partial charge on any atom is 0.433 e. The summed E-state index contributed by atoms with van der Waals surface area (Å²) in [5.41, 5.74) is 9.12. The van der Waals surface area contributed by atoms with Crippen LogP contribution in [0.1, 0.15) is 16.8 Å². The molecule has 7 heteroatoms. The minimum atomic E-state index is -4.56. The molecule has 0 amide bonds. The summed E-state index contributed by atoms with van der Waals surface area (Å²) in [6, 6.07) is 9.77. The third kappa shape index (κ3) is 3.24. The van der Waals surface area contributed by atoms with Crippen molar-refractivity contribution in [3.05, 3.63) is 53.2 Å². The molecule has 3 rings (SSSR count). The largest absolute Gasteiger partial charge is 0.496 e. The van der Waals surface area contributed by atoms with Gasteiger partial charge >= 0.3 is 6.18 Å². The summed E-state index contributed by atoms with van der Waals surface area (Å²) in [5, 5.41) is 0. The van der Waals surface area contributed by atoms with E-state index in [1.165, 1.54) is 6.07 Å². The number of nitrogens with one attached hydrogen (secondary N) is 1. The molecule has 0 unspecified atom stereocenters. The van der Waals surface area contributed by atoms with Crippen molar-refractivity contribution >= 4 is 5.82 Å². The third-order valence-corrected chi connectivity index (χ3v) is 4.25. The van der Waals surface area contributed by atoms with Gasteiger partial charge in [-0.25, -0.2) is 4.98 Å². The van der Waals surface area contributed by atoms with Crippen LogP contribution >= 0.6 is 0 Å². The van der Waals surface area contributed by atoms with Crippen LogP contribution in [0.5, 0.6) is 5.75 Å². The van der Waals surface area contributed by atoms with Crippen LogP contribution in [-0.2, 0) is 6.18 Å². The zero-order chi connectivity index (χ0) is 19.1. The molecule has 136 valence electrons. The molecule has 0 radical (unpaired) electrons. The van der Waals surface area contributed by atoms with E-state index in [1.54, 1.807) is 13.2 Å². The van der Waals surface area contributed by atoms with Crippen LogP contribution in [0.15, 0.2) is 36.4 Å². The van der Waals surface area contributed by atoms with Crippen molar-refractivity contribution in [2.45, 2.75) is 20.0 Å². The molecule has 1 aromatic carbocycles. The van der Waals surface area contributed by atoms with E-state index in [9.17, 15) is 13.2 Å². The van der Waals surface area contributed by atoms with Crippen molar-refractivity contribution < 1.29 is 17.9 Å². The average molecular weight is 361 g/mol. The van der Waals surface area contributed by atoms with E-state index in [0.29, 0.717) is 11.3 Å². The molecule has 0 atom stereocenters. The van der Waals surface area contributed by atoms with Crippen LogP contribution in [0, 0.1) is 13.8 Å². The first-order chi connectivity index (χ1) is 12.2. The number of benzene rings is 1. The molecule has 2 heterocycles. The molecule has 0 aliphatic heterocycles. The lowest BCUT2D eigenvalue weighted by atomic mass is 9.99. The lowest BCUT2D eigenvalue weighted by molar-refractivity contribution is -0.141. The number of alkyl halides is 3. The number of H-pyrrole nitrogens is 1. The van der Waals surface area contributed by atoms with Gasteiger partial charge in [0.2, 0.25) is 0 Å². The number of aromatic amines is 1. The normalized spacial score (nSPS) is 11.6. The van der Waals surface area contributed by atoms with E-state index >= 15 is 0 Å². The molecule has 0 bridgehead atoms. The van der Waals surface area contributed by atoms with Crippen molar-refractivity contribution in [3.63, 3.8) is 0 Å². The first-order valence-corrected chi connectivity index (χ1v) is 7.89. The van der Waals surface area contributed by atoms with Gasteiger partial charge in [-0.2, -0.15) is 13.2 Å². The molecular weight excluding hydrogens is 343 g/mol. The Balaban J connectivity index is 2.09. The highest BCUT2D eigenvalue weighted by molar-refractivity contribution is 5.75. The molecule has 3 aromatic rings. The summed E-state index contributed by atoms with van der Waals surface area (Å²) in [6.45, 7) is 3.91. The van der Waals surface area contributed by atoms with Crippen LogP contribution in [0.25, 0.3) is 22.5 Å². The second kappa shape index (κ2) is 6.40. The van der Waals surface area contributed by atoms with Crippen molar-refractivity contribution in [3.8, 4) is 28.3 Å². The van der Waals surface area contributed by atoms with Crippen LogP contribution in [-0.4, -0.2) is 17.1 Å². The highest BCUT2D eigenvalue weighted by Crippen LogP contribution is 2.35. The van der Waals surface area contributed by atoms with E-state index in [4.69, 9.17) is 10.5 Å². The zero-order valence-electron chi connectivity index (χ0n) is 14.5. The number of hydrogen-bond acceptors (Lipinski definition) is 3. The standard InChI is InChI=1S/C19H18F3N3O/c1-10-4-7-15(26-3)11(2)18(10)14-6-5-13(24-14)12-8-16(19(20,21)22)25-17(23)9-12/h4-9,24H,1-3H3,(H2,23,25). The summed E-state index contributed by atoms with van der Waals surface area (Å²) in [5.74, 6) is 0.564. The fourth-order valence-corrected chi connectivity index (χ4v) is 3.03. The number of halogens is 3. The Kier molecular flexibility index (Phi) is 4.39. The quantitative estimate of drug-likeness (QED) is 0.692. The molecule has 2 aromatic heterocycles. The minimum absolute atomic E-state index is 0.181. The van der Waals surface area contributed by atoms with E-state index in [0.717, 1.165) is 34.2 Å². The Morgan fingerprint density at radius 1 is 1.04 bits per heavy atom. The van der Waals surface area contributed by atoms with Crippen molar-refractivity contribution in [1.82, 2.24) is 9.97 Å². The Bertz CT molecular complexity index is 961. The molecule has 0 fully saturated rings. The Labute approximate surface area is 148 Å². The molecule has 0 saturated heterocycles. The lowest BCUT2D eigenvalue weighted by Crippen LogP contribution is -2.09. The van der Waals surface area contributed by atoms with Gasteiger partial charge in [0.15, 0.2) is 0 Å². The van der Waals surface area contributed by atoms with Gasteiger partial charge in [0, 0.05) is 28.1 Å². The number of nitrogens with zero attached hydrogens (tertiary/aromatic N) is 1. The predicted octanol–water partition coefficient (Wildman–Crippen LogP) is 4.97. The van der Waals surface area contributed by atoms with Gasteiger partial charge in [-0.3, -0.25) is 0 Å². The second-order valence-corrected chi connectivity index (χ2v) is 6.03. The summed E-state index contributed by atoms with van der Waals surface area (Å²) >= 11 is 0. The highest BCUT2D eigenvalue weighted by Gasteiger charge is 2.33. The van der Waals surface area contributed by atoms with Gasteiger partial charge in [-0.05, 0) is 49.7 Å². The topological polar surface area (TPSA) is 63.9 Å². The fourth-order valence-electron chi connectivity index (χ4n) is 3.03. The van der Waals surface area contributed by atoms with Crippen LogP contribution in [0.3, 0.4) is 0 Å². The number of rotatable bonds is 3. The molecule has 4 nitrogen and oxygen atoms in total. The number of ether oxygens (including phenoxy) is 1. The minimum Gasteiger partial charge on any atom is -0.496 e. The number of aryl methyl sites for hydroxylation is 1. The summed E-state index contributed by atoms with van der Waals surface area (Å²) < 4.78 is 44.3. The molecule has 26 heavy (non-hydrogen) atoms. The van der Waals surface area contributed by atoms with Gasteiger partial charge in [0.05, 0.1) is 7.11 Å². The van der Waals surface area contributed by atoms with Crippen LogP contribution in [0.4, 0.5) is 19.0 Å². The fraction of sp³-hybridized carbons (Fsp3) is 0.211. The first kappa shape index (κ1) is 17.8. The summed E-state index contributed by atoms with van der Waals surface area (Å²) in [6.07, 6.45) is -4.56. The Hall–Kier alpha value is -2.96. The van der Waals surface area contributed by atoms with Crippen molar-refractivity contribution in [2.75, 3.05) is 12.8 Å². The van der Waals surface area contributed by atoms with E-state index in [2.05, 4.69) is 9.97 Å². The smallest absolute Gasteiger partial charge is 0.433 e. The maximum absolute atomic E-state index is 13.0. The van der Waals surface area contributed by atoms with Gasteiger partial charge in [0.25, 0.3) is 0 Å². The summed E-state index contributed by atoms with van der Waals surface area (Å²) in [7, 11) is 1.60. The van der Waals surface area contributed by atoms with E-state index in [1.807, 2.05) is 32.0 Å². The van der Waals surface area contributed by atoms with Crippen molar-refractivity contribution in [2.24, 2.45) is 0 Å². The monoisotopic (exact) mass is 361 g/mol. The number of nitrogen functional groups attached to an aromatic ring is 1. The lowest BCUT2D eigenvalue weighted by Gasteiger charge is -2.12. The van der Waals surface area contributed by atoms with Gasteiger partial charge < -0.3 is 15.5 Å². The Morgan fingerprint density at radius 3 is 2.38 bits per heavy atom. The highest BCUT2D eigenvalue weighted by atomic mass is 19.4. The molecule has 0 spiro atoms. The van der Waals surface area contributed by atoms with Gasteiger partial charge in [0.1, 0.15) is 17.3 Å². The van der Waals surface area contributed by atoms with Gasteiger partial charge in [-0.1, -0.05) is 6.07 Å². The molecule has 0 saturated carbocycles. The number of methoxy groups -OCH3 is 1. The van der Waals surface area contributed by atoms with Crippen LogP contribution in [0.2, 0.25) is 0 Å². The molecule has 3 N–H and O–H groups in total. The van der Waals surface area contributed by atoms with Gasteiger partial charge in [-0.15, -0.1) is 0 Å². The number of nitrogens with two attached hydrogens (primary N) is 1. The average Bonchev–Trinajstić information content (AvgIpc) is 3.03. The molecule has 0 aliphatic rings. The first-order valence-electron chi connectivity index (χ1n) is 7.89. The summed E-state index contributed by atoms with van der Waals surface area (Å²) in [4.78, 5) is 6.55. The number of hydrogen-bond donors (Lipinski definition) is 2. The second-order valence-electron chi connectivity index (χ2n) is 6.03. The third-order valence-electron chi connectivity index (χ3n) is 4.25. The molecule has 0 aliphatic carbocycles. The number of pyridine rings is 1. The van der Waals surface area contributed by atoms with Crippen LogP contribution < -0.4 is 10.5 Å². The Morgan fingerprint density at radius 2 is 1.73 bits per heavy atom. The zero-order valence-corrected chi connectivity index (χ0v) is 14.5. The SMILES string of the molecule is COc1ccc(C)c(-c2ccc(-c3cc(N)nc(C(F)(F)F)c3)[nH]2)c1C. The molecular formula is C19H18F3N3O. The predicted molar refractivity (Wildman–Crippen MR) is 94.9 cm³/mol. The number of anilines is 1. The van der Waals surface area contributed by atoms with E-state index in [-0.39, 0.29) is 5.82 Å².